The van der Waals surface area contributed by atoms with E-state index in [2.05, 4.69) is 25.8 Å². The molecule has 1 fully saturated rings. The zero-order valence-electron chi connectivity index (χ0n) is 17.9. The Hall–Kier alpha value is -1.85. The van der Waals surface area contributed by atoms with Gasteiger partial charge in [-0.15, -0.1) is 34.2 Å². The van der Waals surface area contributed by atoms with Crippen LogP contribution in [0.4, 0.5) is 13.2 Å². The SMILES string of the molecule is CCNC(=NCc1nncn1C)NCC1(c2cccc(C(F)(F)F)c2)CCCCC1.I. The highest BCUT2D eigenvalue weighted by atomic mass is 127. The molecule has 1 aliphatic carbocycles. The van der Waals surface area contributed by atoms with Crippen LogP contribution in [0.3, 0.4) is 0 Å². The van der Waals surface area contributed by atoms with E-state index in [1.54, 1.807) is 10.9 Å². The van der Waals surface area contributed by atoms with Gasteiger partial charge in [0.2, 0.25) is 0 Å². The normalized spacial score (nSPS) is 16.5. The second kappa shape index (κ2) is 11.1. The Morgan fingerprint density at radius 1 is 1.19 bits per heavy atom. The molecule has 6 nitrogen and oxygen atoms in total. The Morgan fingerprint density at radius 3 is 2.55 bits per heavy atom. The Kier molecular flexibility index (Phi) is 9.14. The average Bonchev–Trinajstić information content (AvgIpc) is 3.15. The van der Waals surface area contributed by atoms with Crippen molar-refractivity contribution in [3.63, 3.8) is 0 Å². The summed E-state index contributed by atoms with van der Waals surface area (Å²) in [6, 6.07) is 5.80. The number of rotatable bonds is 6. The first-order valence-corrected chi connectivity index (χ1v) is 10.4. The summed E-state index contributed by atoms with van der Waals surface area (Å²) >= 11 is 0. The third-order valence-electron chi connectivity index (χ3n) is 5.74. The number of aliphatic imine (C=N–C) groups is 1. The van der Waals surface area contributed by atoms with Crippen LogP contribution in [-0.4, -0.2) is 33.8 Å². The monoisotopic (exact) mass is 550 g/mol. The number of benzene rings is 1. The summed E-state index contributed by atoms with van der Waals surface area (Å²) in [6.45, 7) is 3.55. The first-order valence-electron chi connectivity index (χ1n) is 10.4. The molecule has 0 atom stereocenters. The van der Waals surface area contributed by atoms with Crippen molar-refractivity contribution in [2.75, 3.05) is 13.1 Å². The van der Waals surface area contributed by atoms with E-state index in [1.807, 2.05) is 20.0 Å². The maximum absolute atomic E-state index is 13.3. The quantitative estimate of drug-likeness (QED) is 0.318. The van der Waals surface area contributed by atoms with Crippen molar-refractivity contribution in [2.24, 2.45) is 12.0 Å². The molecule has 2 aromatic rings. The highest BCUT2D eigenvalue weighted by Gasteiger charge is 2.37. The number of nitrogens with zero attached hydrogens (tertiary/aromatic N) is 4. The van der Waals surface area contributed by atoms with Gasteiger partial charge in [0.1, 0.15) is 12.9 Å². The van der Waals surface area contributed by atoms with Gasteiger partial charge in [0.25, 0.3) is 0 Å². The van der Waals surface area contributed by atoms with Crippen molar-refractivity contribution >= 4 is 29.9 Å². The lowest BCUT2D eigenvalue weighted by atomic mass is 9.69. The third kappa shape index (κ3) is 6.56. The maximum Gasteiger partial charge on any atom is 0.416 e. The van der Waals surface area contributed by atoms with Crippen LogP contribution in [0.5, 0.6) is 0 Å². The standard InChI is InChI=1S/C21H29F3N6.HI/c1-3-25-19(26-13-18-29-28-15-30(18)2)27-14-20(10-5-4-6-11-20)16-8-7-9-17(12-16)21(22,23)24;/h7-9,12,15H,3-6,10-11,13-14H2,1-2H3,(H2,25,26,27);1H. The van der Waals surface area contributed by atoms with Crippen LogP contribution in [0.25, 0.3) is 0 Å². The second-order valence-electron chi connectivity index (χ2n) is 7.83. The van der Waals surface area contributed by atoms with E-state index in [9.17, 15) is 13.2 Å². The lowest BCUT2D eigenvalue weighted by Crippen LogP contribution is -2.46. The maximum atomic E-state index is 13.3. The van der Waals surface area contributed by atoms with Gasteiger partial charge in [-0.05, 0) is 31.4 Å². The molecule has 0 unspecified atom stereocenters. The van der Waals surface area contributed by atoms with Crippen molar-refractivity contribution < 1.29 is 13.2 Å². The summed E-state index contributed by atoms with van der Waals surface area (Å²) in [6.07, 6.45) is 2.10. The van der Waals surface area contributed by atoms with Gasteiger partial charge in [0, 0.05) is 25.6 Å². The van der Waals surface area contributed by atoms with Gasteiger partial charge in [-0.25, -0.2) is 4.99 Å². The van der Waals surface area contributed by atoms with Crippen molar-refractivity contribution in [2.45, 2.75) is 57.2 Å². The van der Waals surface area contributed by atoms with Gasteiger partial charge in [-0.2, -0.15) is 13.2 Å². The molecular formula is C21H30F3IN6. The lowest BCUT2D eigenvalue weighted by Gasteiger charge is -2.38. The molecule has 0 spiro atoms. The van der Waals surface area contributed by atoms with Crippen molar-refractivity contribution in [1.82, 2.24) is 25.4 Å². The molecule has 1 aromatic heterocycles. The van der Waals surface area contributed by atoms with Crippen molar-refractivity contribution in [3.05, 3.63) is 47.5 Å². The van der Waals surface area contributed by atoms with Crippen LogP contribution in [-0.2, 0) is 25.2 Å². The molecule has 0 radical (unpaired) electrons. The fraction of sp³-hybridized carbons (Fsp3) is 0.571. The minimum atomic E-state index is -4.34. The topological polar surface area (TPSA) is 67.1 Å². The number of halogens is 4. The summed E-state index contributed by atoms with van der Waals surface area (Å²) < 4.78 is 41.7. The molecule has 0 aliphatic heterocycles. The number of guanidine groups is 1. The molecule has 1 aliphatic rings. The lowest BCUT2D eigenvalue weighted by molar-refractivity contribution is -0.137. The van der Waals surface area contributed by atoms with E-state index in [0.717, 1.165) is 49.6 Å². The molecule has 1 saturated carbocycles. The van der Waals surface area contributed by atoms with E-state index in [0.29, 0.717) is 25.6 Å². The molecular weight excluding hydrogens is 520 g/mol. The highest BCUT2D eigenvalue weighted by molar-refractivity contribution is 14.0. The predicted molar refractivity (Wildman–Crippen MR) is 125 cm³/mol. The molecule has 3 rings (SSSR count). The van der Waals surface area contributed by atoms with E-state index in [-0.39, 0.29) is 29.4 Å². The summed E-state index contributed by atoms with van der Waals surface area (Å²) in [4.78, 5) is 4.57. The Labute approximate surface area is 198 Å². The first kappa shape index (κ1) is 25.4. The van der Waals surface area contributed by atoms with Crippen LogP contribution in [0.15, 0.2) is 35.6 Å². The molecule has 0 bridgehead atoms. The number of alkyl halides is 3. The van der Waals surface area contributed by atoms with Crippen molar-refractivity contribution in [3.8, 4) is 0 Å². The zero-order chi connectivity index (χ0) is 21.6. The number of hydrogen-bond donors (Lipinski definition) is 2. The number of aromatic nitrogens is 3. The van der Waals surface area contributed by atoms with Crippen LogP contribution in [0.1, 0.15) is 56.0 Å². The van der Waals surface area contributed by atoms with E-state index in [1.165, 1.54) is 12.1 Å². The first-order chi connectivity index (χ1) is 14.3. The minimum Gasteiger partial charge on any atom is -0.357 e. The fourth-order valence-electron chi connectivity index (χ4n) is 4.02. The van der Waals surface area contributed by atoms with E-state index >= 15 is 0 Å². The minimum absolute atomic E-state index is 0. The molecule has 172 valence electrons. The Bertz CT molecular complexity index is 859. The molecule has 10 heteroatoms. The van der Waals surface area contributed by atoms with Gasteiger partial charge < -0.3 is 15.2 Å². The molecule has 1 heterocycles. The molecule has 1 aromatic carbocycles. The van der Waals surface area contributed by atoms with Crippen LogP contribution in [0.2, 0.25) is 0 Å². The Balaban J connectivity index is 0.00000341. The molecule has 31 heavy (non-hydrogen) atoms. The van der Waals surface area contributed by atoms with E-state index in [4.69, 9.17) is 0 Å². The fourth-order valence-corrected chi connectivity index (χ4v) is 4.02. The summed E-state index contributed by atoms with van der Waals surface area (Å²) in [5.41, 5.74) is -0.193. The number of aryl methyl sites for hydroxylation is 1. The highest BCUT2D eigenvalue weighted by Crippen LogP contribution is 2.41. The van der Waals surface area contributed by atoms with Crippen LogP contribution >= 0.6 is 24.0 Å². The summed E-state index contributed by atoms with van der Waals surface area (Å²) in [5, 5.41) is 14.5. The van der Waals surface area contributed by atoms with Gasteiger partial charge in [-0.3, -0.25) is 0 Å². The van der Waals surface area contributed by atoms with Gasteiger partial charge in [0.15, 0.2) is 11.8 Å². The molecule has 0 amide bonds. The van der Waals surface area contributed by atoms with E-state index < -0.39 is 11.7 Å². The number of nitrogens with one attached hydrogen (secondary N) is 2. The molecule has 0 saturated heterocycles. The Morgan fingerprint density at radius 2 is 1.94 bits per heavy atom. The molecule has 2 N–H and O–H groups in total. The van der Waals surface area contributed by atoms with Crippen LogP contribution in [0, 0.1) is 0 Å². The smallest absolute Gasteiger partial charge is 0.357 e. The summed E-state index contributed by atoms with van der Waals surface area (Å²) in [5.74, 6) is 1.36. The second-order valence-corrected chi connectivity index (χ2v) is 7.83. The van der Waals surface area contributed by atoms with Gasteiger partial charge >= 0.3 is 6.18 Å². The van der Waals surface area contributed by atoms with Gasteiger partial charge in [0.05, 0.1) is 5.56 Å². The average molecular weight is 550 g/mol. The number of hydrogen-bond acceptors (Lipinski definition) is 3. The largest absolute Gasteiger partial charge is 0.416 e. The van der Waals surface area contributed by atoms with Crippen molar-refractivity contribution in [1.29, 1.82) is 0 Å². The van der Waals surface area contributed by atoms with Crippen LogP contribution < -0.4 is 10.6 Å². The summed E-state index contributed by atoms with van der Waals surface area (Å²) in [7, 11) is 1.86. The third-order valence-corrected chi connectivity index (χ3v) is 5.74. The van der Waals surface area contributed by atoms with Gasteiger partial charge in [-0.1, -0.05) is 37.5 Å². The predicted octanol–water partition coefficient (Wildman–Crippen LogP) is 4.41. The zero-order valence-corrected chi connectivity index (χ0v) is 20.2.